The second kappa shape index (κ2) is 3.63. The summed E-state index contributed by atoms with van der Waals surface area (Å²) >= 11 is 0. The van der Waals surface area contributed by atoms with Crippen LogP contribution in [0.3, 0.4) is 0 Å². The molecule has 0 fully saturated rings. The van der Waals surface area contributed by atoms with Gasteiger partial charge in [0, 0.05) is 5.56 Å². The van der Waals surface area contributed by atoms with Crippen molar-refractivity contribution in [3.8, 4) is 5.75 Å². The van der Waals surface area contributed by atoms with Gasteiger partial charge in [-0.05, 0) is 18.6 Å². The van der Waals surface area contributed by atoms with Crippen LogP contribution in [-0.2, 0) is 4.79 Å². The van der Waals surface area contributed by atoms with Crippen molar-refractivity contribution in [1.82, 2.24) is 0 Å². The highest BCUT2D eigenvalue weighted by Gasteiger charge is 2.22. The molecule has 1 aromatic carbocycles. The molecule has 4 N–H and O–H groups in total. The van der Waals surface area contributed by atoms with Crippen LogP contribution in [0.15, 0.2) is 12.1 Å². The van der Waals surface area contributed by atoms with Crippen LogP contribution in [0.25, 0.3) is 0 Å². The van der Waals surface area contributed by atoms with Gasteiger partial charge in [-0.2, -0.15) is 0 Å². The van der Waals surface area contributed by atoms with Gasteiger partial charge in [-0.25, -0.2) is 4.39 Å². The number of phenols is 1. The first-order valence-electron chi connectivity index (χ1n) is 3.91. The highest BCUT2D eigenvalue weighted by atomic mass is 19.1. The molecule has 0 aliphatic heterocycles. The van der Waals surface area contributed by atoms with Crippen LogP contribution in [0.5, 0.6) is 5.75 Å². The topological polar surface area (TPSA) is 83.5 Å². The van der Waals surface area contributed by atoms with Crippen molar-refractivity contribution in [1.29, 1.82) is 0 Å². The van der Waals surface area contributed by atoms with Gasteiger partial charge in [0.15, 0.2) is 11.6 Å². The van der Waals surface area contributed by atoms with Crippen molar-refractivity contribution in [3.05, 3.63) is 29.1 Å². The zero-order valence-electron chi connectivity index (χ0n) is 7.49. The van der Waals surface area contributed by atoms with Crippen molar-refractivity contribution < 1.29 is 19.4 Å². The molecule has 0 spiro atoms. The SMILES string of the molecule is Cc1ccc(F)c(O)c1C(N)C(=O)O. The number of rotatable bonds is 2. The third-order valence-electron chi connectivity index (χ3n) is 1.96. The Morgan fingerprint density at radius 2 is 2.14 bits per heavy atom. The number of benzene rings is 1. The average Bonchev–Trinajstić information content (AvgIpc) is 2.12. The van der Waals surface area contributed by atoms with E-state index in [1.807, 2.05) is 0 Å². The van der Waals surface area contributed by atoms with Gasteiger partial charge < -0.3 is 15.9 Å². The van der Waals surface area contributed by atoms with E-state index in [4.69, 9.17) is 10.8 Å². The predicted octanol–water partition coefficient (Wildman–Crippen LogP) is 0.924. The van der Waals surface area contributed by atoms with E-state index in [1.165, 1.54) is 6.07 Å². The van der Waals surface area contributed by atoms with E-state index >= 15 is 0 Å². The Morgan fingerprint density at radius 3 is 2.64 bits per heavy atom. The molecular formula is C9H10FNO3. The minimum absolute atomic E-state index is 0.0856. The van der Waals surface area contributed by atoms with Crippen LogP contribution >= 0.6 is 0 Å². The van der Waals surface area contributed by atoms with Crippen molar-refractivity contribution in [2.24, 2.45) is 5.73 Å². The van der Waals surface area contributed by atoms with Crippen molar-refractivity contribution in [2.75, 3.05) is 0 Å². The summed E-state index contributed by atoms with van der Waals surface area (Å²) in [5.74, 6) is -2.88. The number of phenolic OH excluding ortho intramolecular Hbond substituents is 1. The number of aryl methyl sites for hydroxylation is 1. The number of aromatic hydroxyl groups is 1. The van der Waals surface area contributed by atoms with Gasteiger partial charge in [-0.3, -0.25) is 4.79 Å². The van der Waals surface area contributed by atoms with Crippen molar-refractivity contribution in [2.45, 2.75) is 13.0 Å². The van der Waals surface area contributed by atoms with Crippen LogP contribution in [0.1, 0.15) is 17.2 Å². The van der Waals surface area contributed by atoms with Crippen LogP contribution in [0.4, 0.5) is 4.39 Å². The van der Waals surface area contributed by atoms with E-state index in [0.29, 0.717) is 5.56 Å². The second-order valence-electron chi connectivity index (χ2n) is 2.94. The quantitative estimate of drug-likeness (QED) is 0.661. The van der Waals surface area contributed by atoms with E-state index in [1.54, 1.807) is 6.92 Å². The summed E-state index contributed by atoms with van der Waals surface area (Å²) in [5, 5.41) is 17.9. The monoisotopic (exact) mass is 199 g/mol. The Balaban J connectivity index is 3.32. The maximum absolute atomic E-state index is 12.9. The second-order valence-corrected chi connectivity index (χ2v) is 2.94. The van der Waals surface area contributed by atoms with Crippen LogP contribution in [0.2, 0.25) is 0 Å². The number of nitrogens with two attached hydrogens (primary N) is 1. The van der Waals surface area contributed by atoms with E-state index in [9.17, 15) is 14.3 Å². The zero-order chi connectivity index (χ0) is 10.9. The molecule has 0 amide bonds. The van der Waals surface area contributed by atoms with Crippen molar-refractivity contribution in [3.63, 3.8) is 0 Å². The maximum atomic E-state index is 12.9. The molecule has 5 heteroatoms. The summed E-state index contributed by atoms with van der Waals surface area (Å²) in [4.78, 5) is 10.6. The summed E-state index contributed by atoms with van der Waals surface area (Å²) < 4.78 is 12.9. The highest BCUT2D eigenvalue weighted by molar-refractivity contribution is 5.77. The fraction of sp³-hybridized carbons (Fsp3) is 0.222. The maximum Gasteiger partial charge on any atom is 0.325 e. The minimum atomic E-state index is -1.41. The number of carbonyl (C=O) groups is 1. The van der Waals surface area contributed by atoms with E-state index < -0.39 is 23.6 Å². The molecule has 0 aromatic heterocycles. The van der Waals surface area contributed by atoms with Gasteiger partial charge in [-0.15, -0.1) is 0 Å². The molecule has 0 bridgehead atoms. The van der Waals surface area contributed by atoms with Gasteiger partial charge in [0.05, 0.1) is 0 Å². The average molecular weight is 199 g/mol. The molecule has 1 atom stereocenters. The van der Waals surface area contributed by atoms with E-state index in [2.05, 4.69) is 0 Å². The summed E-state index contributed by atoms with van der Waals surface area (Å²) in [7, 11) is 0. The zero-order valence-corrected chi connectivity index (χ0v) is 7.49. The minimum Gasteiger partial charge on any atom is -0.505 e. The lowest BCUT2D eigenvalue weighted by Crippen LogP contribution is -2.22. The Hall–Kier alpha value is -1.62. The summed E-state index contributed by atoms with van der Waals surface area (Å²) in [6.07, 6.45) is 0. The van der Waals surface area contributed by atoms with Gasteiger partial charge >= 0.3 is 5.97 Å². The Labute approximate surface area is 79.8 Å². The Bertz CT molecular complexity index is 379. The molecule has 4 nitrogen and oxygen atoms in total. The molecule has 0 saturated heterocycles. The molecule has 1 rings (SSSR count). The first-order valence-corrected chi connectivity index (χ1v) is 3.91. The third kappa shape index (κ3) is 1.67. The van der Waals surface area contributed by atoms with Gasteiger partial charge in [-0.1, -0.05) is 6.07 Å². The number of aliphatic carboxylic acids is 1. The lowest BCUT2D eigenvalue weighted by atomic mass is 10.0. The molecule has 14 heavy (non-hydrogen) atoms. The molecule has 1 aromatic rings. The first kappa shape index (κ1) is 10.5. The van der Waals surface area contributed by atoms with Crippen LogP contribution < -0.4 is 5.73 Å². The summed E-state index contributed by atoms with van der Waals surface area (Å²) in [5.41, 5.74) is 5.64. The summed E-state index contributed by atoms with van der Waals surface area (Å²) in [6, 6.07) is 1.02. The molecule has 0 aliphatic carbocycles. The Kier molecular flexibility index (Phi) is 2.71. The van der Waals surface area contributed by atoms with Crippen molar-refractivity contribution >= 4 is 5.97 Å². The molecule has 0 heterocycles. The lowest BCUT2D eigenvalue weighted by molar-refractivity contribution is -0.138. The number of halogens is 1. The van der Waals surface area contributed by atoms with Gasteiger partial charge in [0.1, 0.15) is 6.04 Å². The summed E-state index contributed by atoms with van der Waals surface area (Å²) in [6.45, 7) is 1.55. The predicted molar refractivity (Wildman–Crippen MR) is 47.4 cm³/mol. The van der Waals surface area contributed by atoms with Gasteiger partial charge in [0.25, 0.3) is 0 Å². The Morgan fingerprint density at radius 1 is 1.57 bits per heavy atom. The molecule has 0 saturated carbocycles. The number of carboxylic acid groups (broad SMARTS) is 1. The van der Waals surface area contributed by atoms with E-state index in [-0.39, 0.29) is 5.56 Å². The fourth-order valence-corrected chi connectivity index (χ4v) is 1.20. The molecule has 0 radical (unpaired) electrons. The smallest absolute Gasteiger partial charge is 0.325 e. The third-order valence-corrected chi connectivity index (χ3v) is 1.96. The van der Waals surface area contributed by atoms with Gasteiger partial charge in [0.2, 0.25) is 0 Å². The number of hydrogen-bond donors (Lipinski definition) is 3. The molecule has 0 aliphatic rings. The fourth-order valence-electron chi connectivity index (χ4n) is 1.20. The van der Waals surface area contributed by atoms with E-state index in [0.717, 1.165) is 6.07 Å². The normalized spacial score (nSPS) is 12.5. The highest BCUT2D eigenvalue weighted by Crippen LogP contribution is 2.29. The molecular weight excluding hydrogens is 189 g/mol. The standard InChI is InChI=1S/C9H10FNO3/c1-4-2-3-5(10)8(12)6(4)7(11)9(13)14/h2-3,7,12H,11H2,1H3,(H,13,14). The largest absolute Gasteiger partial charge is 0.505 e. The number of hydrogen-bond acceptors (Lipinski definition) is 3. The molecule has 1 unspecified atom stereocenters. The van der Waals surface area contributed by atoms with Crippen LogP contribution in [-0.4, -0.2) is 16.2 Å². The first-order chi connectivity index (χ1) is 6.45. The lowest BCUT2D eigenvalue weighted by Gasteiger charge is -2.12. The molecule has 76 valence electrons. The number of carboxylic acids is 1. The van der Waals surface area contributed by atoms with Crippen LogP contribution in [0, 0.1) is 12.7 Å².